The fourth-order valence-electron chi connectivity index (χ4n) is 3.48. The Balaban J connectivity index is 1.56. The molecule has 172 valence electrons. The Morgan fingerprint density at radius 1 is 1.22 bits per heavy atom. The van der Waals surface area contributed by atoms with Crippen LogP contribution in [-0.2, 0) is 19.1 Å². The maximum Gasteiger partial charge on any atom is 0.306 e. The number of nitrogens with one attached hydrogen (secondary N) is 2. The maximum atomic E-state index is 12.9. The number of ether oxygens (including phenoxy) is 1. The summed E-state index contributed by atoms with van der Waals surface area (Å²) < 4.78 is 6.34. The number of anilines is 1. The Morgan fingerprint density at radius 3 is 2.72 bits per heavy atom. The highest BCUT2D eigenvalue weighted by molar-refractivity contribution is 5.99. The van der Waals surface area contributed by atoms with E-state index in [0.717, 1.165) is 29.6 Å². The predicted octanol–water partition coefficient (Wildman–Crippen LogP) is 2.08. The van der Waals surface area contributed by atoms with Crippen LogP contribution in [0.4, 0.5) is 5.69 Å². The molecule has 1 aromatic heterocycles. The molecule has 0 radical (unpaired) electrons. The SMILES string of the molecule is CC(C)(C)OC(=O)CCCCCNc1ccc2nnn(C3CCC(=O)NC3=O)c(=O)c2c1. The second kappa shape index (κ2) is 9.88. The van der Waals surface area contributed by atoms with Crippen molar-refractivity contribution in [3.8, 4) is 0 Å². The van der Waals surface area contributed by atoms with Crippen LogP contribution in [0.3, 0.4) is 0 Å². The van der Waals surface area contributed by atoms with E-state index in [1.165, 1.54) is 0 Å². The molecular formula is C22H29N5O5. The van der Waals surface area contributed by atoms with Gasteiger partial charge in [0.15, 0.2) is 0 Å². The lowest BCUT2D eigenvalue weighted by molar-refractivity contribution is -0.155. The lowest BCUT2D eigenvalue weighted by Crippen LogP contribution is -2.45. The van der Waals surface area contributed by atoms with E-state index in [2.05, 4.69) is 20.9 Å². The molecule has 32 heavy (non-hydrogen) atoms. The number of aromatic nitrogens is 3. The molecule has 2 N–H and O–H groups in total. The van der Waals surface area contributed by atoms with Gasteiger partial charge >= 0.3 is 5.97 Å². The summed E-state index contributed by atoms with van der Waals surface area (Å²) in [4.78, 5) is 48.1. The molecule has 2 aromatic rings. The second-order valence-corrected chi connectivity index (χ2v) is 8.86. The van der Waals surface area contributed by atoms with Gasteiger partial charge < -0.3 is 10.1 Å². The molecule has 0 spiro atoms. The Bertz CT molecular complexity index is 1070. The Morgan fingerprint density at radius 2 is 2.00 bits per heavy atom. The molecule has 1 unspecified atom stereocenters. The zero-order chi connectivity index (χ0) is 23.3. The summed E-state index contributed by atoms with van der Waals surface area (Å²) in [6.45, 7) is 6.23. The first kappa shape index (κ1) is 23.4. The predicted molar refractivity (Wildman–Crippen MR) is 118 cm³/mol. The van der Waals surface area contributed by atoms with Gasteiger partial charge in [-0.2, -0.15) is 4.68 Å². The number of esters is 1. The number of fused-ring (bicyclic) bond motifs is 1. The monoisotopic (exact) mass is 443 g/mol. The largest absolute Gasteiger partial charge is 0.460 e. The number of hydrogen-bond acceptors (Lipinski definition) is 8. The fourth-order valence-corrected chi connectivity index (χ4v) is 3.48. The van der Waals surface area contributed by atoms with Gasteiger partial charge in [-0.25, -0.2) is 0 Å². The number of benzene rings is 1. The minimum atomic E-state index is -0.848. The molecule has 2 amide bonds. The minimum Gasteiger partial charge on any atom is -0.460 e. The Hall–Kier alpha value is -3.30. The van der Waals surface area contributed by atoms with Crippen molar-refractivity contribution in [1.29, 1.82) is 0 Å². The quantitative estimate of drug-likeness (QED) is 0.360. The van der Waals surface area contributed by atoms with Crippen LogP contribution in [0.2, 0.25) is 0 Å². The van der Waals surface area contributed by atoms with Gasteiger partial charge in [-0.3, -0.25) is 24.5 Å². The molecule has 10 nitrogen and oxygen atoms in total. The minimum absolute atomic E-state index is 0.151. The van der Waals surface area contributed by atoms with Crippen molar-refractivity contribution in [1.82, 2.24) is 20.3 Å². The lowest BCUT2D eigenvalue weighted by atomic mass is 10.1. The van der Waals surface area contributed by atoms with E-state index in [4.69, 9.17) is 4.74 Å². The Labute approximate surface area is 185 Å². The number of imide groups is 1. The number of unbranched alkanes of at least 4 members (excludes halogenated alkanes) is 2. The van der Waals surface area contributed by atoms with Crippen molar-refractivity contribution < 1.29 is 19.1 Å². The van der Waals surface area contributed by atoms with Gasteiger partial charge in [-0.05, 0) is 58.2 Å². The molecule has 1 fully saturated rings. The molecule has 0 saturated carbocycles. The third-order valence-corrected chi connectivity index (χ3v) is 5.00. The van der Waals surface area contributed by atoms with Crippen LogP contribution in [0.15, 0.2) is 23.0 Å². The van der Waals surface area contributed by atoms with Gasteiger partial charge in [0.2, 0.25) is 5.91 Å². The fraction of sp³-hybridized carbons (Fsp3) is 0.545. The van der Waals surface area contributed by atoms with Crippen LogP contribution in [-0.4, -0.2) is 44.9 Å². The van der Waals surface area contributed by atoms with Gasteiger partial charge in [0.05, 0.1) is 5.39 Å². The summed E-state index contributed by atoms with van der Waals surface area (Å²) in [6.07, 6.45) is 3.24. The van der Waals surface area contributed by atoms with Crippen LogP contribution in [0.1, 0.15) is 65.3 Å². The normalized spacial score (nSPS) is 16.7. The molecule has 1 aromatic carbocycles. The molecule has 1 atom stereocenters. The molecule has 2 heterocycles. The van der Waals surface area contributed by atoms with Crippen LogP contribution in [0, 0.1) is 0 Å². The third-order valence-electron chi connectivity index (χ3n) is 5.00. The average Bonchev–Trinajstić information content (AvgIpc) is 2.70. The highest BCUT2D eigenvalue weighted by Gasteiger charge is 2.30. The lowest BCUT2D eigenvalue weighted by Gasteiger charge is -2.21. The van der Waals surface area contributed by atoms with Crippen molar-refractivity contribution >= 4 is 34.4 Å². The average molecular weight is 444 g/mol. The molecule has 1 aliphatic heterocycles. The van der Waals surface area contributed by atoms with Gasteiger partial charge in [-0.15, -0.1) is 5.10 Å². The molecule has 3 rings (SSSR count). The summed E-state index contributed by atoms with van der Waals surface area (Å²) in [5, 5.41) is 13.8. The summed E-state index contributed by atoms with van der Waals surface area (Å²) in [5.41, 5.74) is 0.298. The number of nitrogens with zero attached hydrogens (tertiary/aromatic N) is 3. The number of carbonyl (C=O) groups is 3. The highest BCUT2D eigenvalue weighted by atomic mass is 16.6. The number of hydrogen-bond donors (Lipinski definition) is 2. The second-order valence-electron chi connectivity index (χ2n) is 8.86. The van der Waals surface area contributed by atoms with E-state index in [1.54, 1.807) is 12.1 Å². The summed E-state index contributed by atoms with van der Waals surface area (Å²) >= 11 is 0. The third kappa shape index (κ3) is 6.12. The van der Waals surface area contributed by atoms with E-state index in [9.17, 15) is 19.2 Å². The van der Waals surface area contributed by atoms with Crippen LogP contribution in [0.5, 0.6) is 0 Å². The van der Waals surface area contributed by atoms with E-state index < -0.39 is 23.1 Å². The highest BCUT2D eigenvalue weighted by Crippen LogP contribution is 2.18. The van der Waals surface area contributed by atoms with Gasteiger partial charge in [0.1, 0.15) is 17.2 Å². The summed E-state index contributed by atoms with van der Waals surface area (Å²) in [7, 11) is 0. The van der Waals surface area contributed by atoms with Crippen molar-refractivity contribution in [3.63, 3.8) is 0 Å². The van der Waals surface area contributed by atoms with Gasteiger partial charge in [-0.1, -0.05) is 11.6 Å². The molecule has 0 bridgehead atoms. The van der Waals surface area contributed by atoms with Crippen LogP contribution >= 0.6 is 0 Å². The van der Waals surface area contributed by atoms with Crippen LogP contribution < -0.4 is 16.2 Å². The van der Waals surface area contributed by atoms with E-state index in [1.807, 2.05) is 26.8 Å². The number of carbonyl (C=O) groups excluding carboxylic acids is 3. The van der Waals surface area contributed by atoms with E-state index >= 15 is 0 Å². The zero-order valence-corrected chi connectivity index (χ0v) is 18.6. The molecule has 1 saturated heterocycles. The summed E-state index contributed by atoms with van der Waals surface area (Å²) in [5.74, 6) is -1.09. The standard InChI is InChI=1S/C22H29N5O5/c1-22(2,3)32-19(29)7-5-4-6-12-23-14-8-9-16-15(13-14)21(31)27(26-25-16)17-10-11-18(28)24-20(17)30/h8-9,13,17,23H,4-7,10-12H2,1-3H3,(H,24,28,30). The van der Waals surface area contributed by atoms with E-state index in [0.29, 0.717) is 23.9 Å². The van der Waals surface area contributed by atoms with Gasteiger partial charge in [0, 0.05) is 25.1 Å². The van der Waals surface area contributed by atoms with Crippen molar-refractivity contribution in [3.05, 3.63) is 28.6 Å². The number of amides is 2. The number of rotatable bonds is 8. The summed E-state index contributed by atoms with van der Waals surface area (Å²) in [6, 6.07) is 4.35. The molecule has 10 heteroatoms. The first-order chi connectivity index (χ1) is 15.1. The Kier molecular flexibility index (Phi) is 7.22. The zero-order valence-electron chi connectivity index (χ0n) is 18.6. The van der Waals surface area contributed by atoms with Gasteiger partial charge in [0.25, 0.3) is 11.5 Å². The van der Waals surface area contributed by atoms with E-state index in [-0.39, 0.29) is 24.7 Å². The van der Waals surface area contributed by atoms with Crippen molar-refractivity contribution in [2.75, 3.05) is 11.9 Å². The molecule has 1 aliphatic rings. The smallest absolute Gasteiger partial charge is 0.306 e. The molecular weight excluding hydrogens is 414 g/mol. The van der Waals surface area contributed by atoms with Crippen molar-refractivity contribution in [2.24, 2.45) is 0 Å². The topological polar surface area (TPSA) is 132 Å². The van der Waals surface area contributed by atoms with Crippen molar-refractivity contribution in [2.45, 2.75) is 70.9 Å². The first-order valence-electron chi connectivity index (χ1n) is 10.8. The first-order valence-corrected chi connectivity index (χ1v) is 10.8. The molecule has 0 aliphatic carbocycles. The maximum absolute atomic E-state index is 12.9. The van der Waals surface area contributed by atoms with Crippen LogP contribution in [0.25, 0.3) is 10.9 Å². The number of piperidine rings is 1.